The fraction of sp³-hybridized carbons (Fsp3) is 0.381. The normalized spacial score (nSPS) is 15.2. The predicted molar refractivity (Wildman–Crippen MR) is 114 cm³/mol. The Kier molecular flexibility index (Phi) is 7.69. The molecule has 0 unspecified atom stereocenters. The van der Waals surface area contributed by atoms with E-state index in [0.717, 1.165) is 28.6 Å². The van der Waals surface area contributed by atoms with E-state index in [1.165, 1.54) is 12.0 Å². The number of methoxy groups -OCH3 is 1. The molecule has 2 aromatic carbocycles. The minimum Gasteiger partial charge on any atom is -0.493 e. The first-order valence-corrected chi connectivity index (χ1v) is 11.5. The minimum absolute atomic E-state index is 0.0362. The number of para-hydroxylation sites is 2. The number of benzene rings is 2. The largest absolute Gasteiger partial charge is 0.493 e. The summed E-state index contributed by atoms with van der Waals surface area (Å²) < 4.78 is 75.5. The number of piperazine rings is 1. The molecule has 2 aromatic rings. The van der Waals surface area contributed by atoms with Crippen LogP contribution in [0, 0.1) is 0 Å². The second-order valence-electron chi connectivity index (χ2n) is 7.14. The molecule has 1 fully saturated rings. The van der Waals surface area contributed by atoms with Crippen LogP contribution in [0.1, 0.15) is 5.56 Å². The van der Waals surface area contributed by atoms with Crippen LogP contribution in [0.15, 0.2) is 53.4 Å². The molecule has 1 saturated heterocycles. The number of hydrogen-bond acceptors (Lipinski definition) is 5. The number of nitrogens with zero attached hydrogens (tertiary/aromatic N) is 2. The Bertz CT molecular complexity index is 1050. The lowest BCUT2D eigenvalue weighted by molar-refractivity contribution is -0.137. The summed E-state index contributed by atoms with van der Waals surface area (Å²) in [6.45, 7) is 0.830. The molecule has 1 heterocycles. The summed E-state index contributed by atoms with van der Waals surface area (Å²) in [6, 6.07) is 10.1. The number of nitrogens with one attached hydrogen (secondary N) is 1. The van der Waals surface area contributed by atoms with Crippen molar-refractivity contribution in [3.63, 3.8) is 0 Å². The monoisotopic (exact) mass is 487 g/mol. The maximum Gasteiger partial charge on any atom is 0.416 e. The first kappa shape index (κ1) is 24.6. The molecular weight excluding hydrogens is 463 g/mol. The molecule has 0 bridgehead atoms. The summed E-state index contributed by atoms with van der Waals surface area (Å²) in [5, 5.41) is 2.71. The van der Waals surface area contributed by atoms with Crippen LogP contribution < -0.4 is 14.8 Å². The van der Waals surface area contributed by atoms with Gasteiger partial charge in [-0.15, -0.1) is 0 Å². The fourth-order valence-electron chi connectivity index (χ4n) is 3.27. The van der Waals surface area contributed by atoms with E-state index in [4.69, 9.17) is 9.47 Å². The van der Waals surface area contributed by atoms with Crippen molar-refractivity contribution >= 4 is 16.1 Å². The van der Waals surface area contributed by atoms with Crippen molar-refractivity contribution in [3.8, 4) is 11.5 Å². The molecule has 1 aliphatic heterocycles. The number of ether oxygens (including phenoxy) is 2. The number of halogens is 3. The smallest absolute Gasteiger partial charge is 0.416 e. The molecule has 0 aliphatic carbocycles. The Hall–Kier alpha value is -2.99. The van der Waals surface area contributed by atoms with Crippen LogP contribution in [0.3, 0.4) is 0 Å². The number of sulfonamides is 1. The average Bonchev–Trinajstić information content (AvgIpc) is 2.81. The minimum atomic E-state index is -4.54. The van der Waals surface area contributed by atoms with Crippen LogP contribution in [-0.4, -0.2) is 70.1 Å². The van der Waals surface area contributed by atoms with Gasteiger partial charge >= 0.3 is 12.2 Å². The Morgan fingerprint density at radius 2 is 1.61 bits per heavy atom. The lowest BCUT2D eigenvalue weighted by Gasteiger charge is -2.34. The van der Waals surface area contributed by atoms with E-state index in [9.17, 15) is 26.4 Å². The highest BCUT2D eigenvalue weighted by molar-refractivity contribution is 7.89. The van der Waals surface area contributed by atoms with Gasteiger partial charge < -0.3 is 19.7 Å². The predicted octanol–water partition coefficient (Wildman–Crippen LogP) is 2.81. The first-order chi connectivity index (χ1) is 15.6. The molecule has 0 aromatic heterocycles. The number of alkyl halides is 3. The molecule has 0 radical (unpaired) electrons. The maximum absolute atomic E-state index is 12.7. The third-order valence-corrected chi connectivity index (χ3v) is 6.96. The van der Waals surface area contributed by atoms with Gasteiger partial charge in [0.25, 0.3) is 0 Å². The van der Waals surface area contributed by atoms with Crippen LogP contribution in [-0.2, 0) is 16.2 Å². The van der Waals surface area contributed by atoms with Gasteiger partial charge in [-0.25, -0.2) is 13.2 Å². The molecule has 0 atom stereocenters. The van der Waals surface area contributed by atoms with Crippen LogP contribution in [0.4, 0.5) is 18.0 Å². The van der Waals surface area contributed by atoms with Crippen LogP contribution in [0.25, 0.3) is 0 Å². The van der Waals surface area contributed by atoms with Gasteiger partial charge in [-0.3, -0.25) is 0 Å². The number of amides is 2. The molecule has 1 N–H and O–H groups in total. The molecule has 1 aliphatic rings. The highest BCUT2D eigenvalue weighted by atomic mass is 32.2. The number of carbonyl (C=O) groups excluding carboxylic acids is 1. The van der Waals surface area contributed by atoms with Gasteiger partial charge in [0.05, 0.1) is 24.1 Å². The van der Waals surface area contributed by atoms with Crippen molar-refractivity contribution in [2.45, 2.75) is 11.1 Å². The van der Waals surface area contributed by atoms with Gasteiger partial charge in [0, 0.05) is 26.2 Å². The van der Waals surface area contributed by atoms with Gasteiger partial charge in [0.1, 0.15) is 6.61 Å². The quantitative estimate of drug-likeness (QED) is 0.607. The van der Waals surface area contributed by atoms with E-state index in [0.29, 0.717) is 11.5 Å². The highest BCUT2D eigenvalue weighted by Gasteiger charge is 2.33. The number of urea groups is 1. The maximum atomic E-state index is 12.7. The SMILES string of the molecule is COc1ccccc1OCCNC(=O)N1CCN(S(=O)(=O)c2ccc(C(F)(F)F)cc2)CC1. The van der Waals surface area contributed by atoms with E-state index >= 15 is 0 Å². The van der Waals surface area contributed by atoms with Crippen molar-refractivity contribution in [3.05, 3.63) is 54.1 Å². The third-order valence-electron chi connectivity index (χ3n) is 5.05. The number of hydrogen-bond donors (Lipinski definition) is 1. The van der Waals surface area contributed by atoms with Crippen molar-refractivity contribution in [2.75, 3.05) is 46.4 Å². The molecule has 8 nitrogen and oxygen atoms in total. The Morgan fingerprint density at radius 1 is 1.00 bits per heavy atom. The van der Waals surface area contributed by atoms with Gasteiger partial charge in [0.15, 0.2) is 11.5 Å². The number of rotatable bonds is 7. The zero-order chi connectivity index (χ0) is 24.1. The molecule has 3 rings (SSSR count). The number of carbonyl (C=O) groups is 1. The standard InChI is InChI=1S/C21H24F3N3O5S/c1-31-18-4-2-3-5-19(18)32-15-10-25-20(28)26-11-13-27(14-12-26)33(29,30)17-8-6-16(7-9-17)21(22,23)24/h2-9H,10-15H2,1H3,(H,25,28). The zero-order valence-corrected chi connectivity index (χ0v) is 18.7. The molecule has 12 heteroatoms. The summed E-state index contributed by atoms with van der Waals surface area (Å²) in [6.07, 6.45) is -4.54. The average molecular weight is 488 g/mol. The van der Waals surface area contributed by atoms with Gasteiger partial charge in [-0.2, -0.15) is 17.5 Å². The second kappa shape index (κ2) is 10.3. The fourth-order valence-corrected chi connectivity index (χ4v) is 4.69. The molecule has 0 saturated carbocycles. The van der Waals surface area contributed by atoms with E-state index in [1.54, 1.807) is 18.2 Å². The highest BCUT2D eigenvalue weighted by Crippen LogP contribution is 2.30. The molecule has 2 amide bonds. The van der Waals surface area contributed by atoms with Crippen molar-refractivity contribution in [1.29, 1.82) is 0 Å². The Morgan fingerprint density at radius 3 is 2.18 bits per heavy atom. The third kappa shape index (κ3) is 6.08. The first-order valence-electron chi connectivity index (χ1n) is 10.1. The summed E-state index contributed by atoms with van der Waals surface area (Å²) >= 11 is 0. The Labute approximate surface area is 189 Å². The topological polar surface area (TPSA) is 88.2 Å². The van der Waals surface area contributed by atoms with Crippen molar-refractivity contribution in [2.24, 2.45) is 0 Å². The van der Waals surface area contributed by atoms with Gasteiger partial charge in [0.2, 0.25) is 10.0 Å². The van der Waals surface area contributed by atoms with Crippen molar-refractivity contribution in [1.82, 2.24) is 14.5 Å². The van der Waals surface area contributed by atoms with Crippen LogP contribution >= 0.6 is 0 Å². The molecule has 33 heavy (non-hydrogen) atoms. The van der Waals surface area contributed by atoms with Gasteiger partial charge in [-0.1, -0.05) is 12.1 Å². The van der Waals surface area contributed by atoms with E-state index in [1.807, 2.05) is 6.07 Å². The van der Waals surface area contributed by atoms with E-state index in [-0.39, 0.29) is 50.3 Å². The lowest BCUT2D eigenvalue weighted by atomic mass is 10.2. The van der Waals surface area contributed by atoms with Crippen LogP contribution in [0.2, 0.25) is 0 Å². The summed E-state index contributed by atoms with van der Waals surface area (Å²) in [5.74, 6) is 1.13. The van der Waals surface area contributed by atoms with Gasteiger partial charge in [-0.05, 0) is 36.4 Å². The van der Waals surface area contributed by atoms with E-state index < -0.39 is 21.8 Å². The van der Waals surface area contributed by atoms with Crippen LogP contribution in [0.5, 0.6) is 11.5 Å². The zero-order valence-electron chi connectivity index (χ0n) is 17.8. The summed E-state index contributed by atoms with van der Waals surface area (Å²) in [7, 11) is -2.43. The molecule has 180 valence electrons. The lowest BCUT2D eigenvalue weighted by Crippen LogP contribution is -2.53. The Balaban J connectivity index is 1.47. The molecular formula is C21H24F3N3O5S. The second-order valence-corrected chi connectivity index (χ2v) is 9.08. The summed E-state index contributed by atoms with van der Waals surface area (Å²) in [4.78, 5) is 13.6. The van der Waals surface area contributed by atoms with E-state index in [2.05, 4.69) is 5.32 Å². The summed E-state index contributed by atoms with van der Waals surface area (Å²) in [5.41, 5.74) is -0.919. The van der Waals surface area contributed by atoms with Crippen molar-refractivity contribution < 1.29 is 35.9 Å². The molecule has 0 spiro atoms.